The summed E-state index contributed by atoms with van der Waals surface area (Å²) in [6.07, 6.45) is 0.255. The van der Waals surface area contributed by atoms with Gasteiger partial charge in [-0.1, -0.05) is 29.3 Å². The molecule has 1 unspecified atom stereocenters. The van der Waals surface area contributed by atoms with Gasteiger partial charge in [0, 0.05) is 7.05 Å². The number of hydrogen-bond acceptors (Lipinski definition) is 3. The van der Waals surface area contributed by atoms with Crippen LogP contribution in [0.25, 0.3) is 0 Å². The third-order valence-electron chi connectivity index (χ3n) is 4.05. The summed E-state index contributed by atoms with van der Waals surface area (Å²) in [5, 5.41) is 3.37. The van der Waals surface area contributed by atoms with E-state index < -0.39 is 0 Å². The number of hydrogen-bond donors (Lipinski definition) is 2. The molecule has 2 N–H and O–H groups in total. The zero-order valence-electron chi connectivity index (χ0n) is 14.6. The summed E-state index contributed by atoms with van der Waals surface area (Å²) in [6.45, 7) is 5.86. The van der Waals surface area contributed by atoms with Crippen LogP contribution in [0.5, 0.6) is 0 Å². The number of rotatable bonds is 5. The Hall–Kier alpha value is -1.34. The van der Waals surface area contributed by atoms with E-state index in [1.54, 1.807) is 25.2 Å². The monoisotopic (exact) mass is 388 g/mol. The van der Waals surface area contributed by atoms with Crippen LogP contribution in [0.1, 0.15) is 13.8 Å². The van der Waals surface area contributed by atoms with Crippen LogP contribution in [0, 0.1) is 0 Å². The van der Waals surface area contributed by atoms with E-state index in [0.29, 0.717) is 22.3 Å². The Bertz CT molecular complexity index is 611. The van der Waals surface area contributed by atoms with Crippen LogP contribution in [0.3, 0.4) is 0 Å². The van der Waals surface area contributed by atoms with Crippen LogP contribution in [0.4, 0.5) is 5.69 Å². The van der Waals surface area contributed by atoms with Crippen LogP contribution >= 0.6 is 23.2 Å². The Morgan fingerprint density at radius 1 is 1.24 bits per heavy atom. The lowest BCUT2D eigenvalue weighted by atomic mass is 10.2. The lowest BCUT2D eigenvalue weighted by Gasteiger charge is -2.32. The van der Waals surface area contributed by atoms with Crippen LogP contribution < -0.4 is 10.2 Å². The molecule has 1 aliphatic rings. The largest absolute Gasteiger partial charge is 0.364 e. The average molecular weight is 389 g/mol. The van der Waals surface area contributed by atoms with Gasteiger partial charge >= 0.3 is 0 Å². The van der Waals surface area contributed by atoms with Gasteiger partial charge in [-0.2, -0.15) is 0 Å². The SMILES string of the molecule is C[C@@H]1C[NH+](CC(=O)N(C)CC(=O)Nc2c(Cl)cccc2Cl)C[C@H](C)O1. The van der Waals surface area contributed by atoms with Crippen molar-refractivity contribution in [3.8, 4) is 0 Å². The summed E-state index contributed by atoms with van der Waals surface area (Å²) in [4.78, 5) is 27.1. The van der Waals surface area contributed by atoms with Gasteiger partial charge in [-0.25, -0.2) is 0 Å². The number of likely N-dealkylation sites (N-methyl/N-ethyl adjacent to an activating group) is 1. The second kappa shape index (κ2) is 8.85. The molecule has 1 aromatic carbocycles. The number of quaternary nitrogens is 1. The van der Waals surface area contributed by atoms with E-state index in [0.717, 1.165) is 18.0 Å². The first kappa shape index (κ1) is 20.0. The molecular formula is C17H24Cl2N3O3+. The van der Waals surface area contributed by atoms with Crippen molar-refractivity contribution in [1.29, 1.82) is 0 Å². The molecule has 2 rings (SSSR count). The molecule has 0 bridgehead atoms. The molecule has 1 aliphatic heterocycles. The van der Waals surface area contributed by atoms with Crippen LogP contribution in [0.2, 0.25) is 10.0 Å². The molecule has 1 heterocycles. The van der Waals surface area contributed by atoms with E-state index >= 15 is 0 Å². The molecule has 1 saturated heterocycles. The Balaban J connectivity index is 1.87. The molecule has 138 valence electrons. The van der Waals surface area contributed by atoms with Gasteiger partial charge in [0.25, 0.3) is 5.91 Å². The minimum atomic E-state index is -0.343. The highest BCUT2D eigenvalue weighted by Crippen LogP contribution is 2.29. The summed E-state index contributed by atoms with van der Waals surface area (Å²) >= 11 is 12.1. The number of anilines is 1. The second-order valence-corrected chi connectivity index (χ2v) is 7.30. The minimum absolute atomic E-state index is 0.0602. The molecule has 0 radical (unpaired) electrons. The smallest absolute Gasteiger partial charge is 0.277 e. The predicted octanol–water partition coefficient (Wildman–Crippen LogP) is 1.08. The first-order chi connectivity index (χ1) is 11.8. The van der Waals surface area contributed by atoms with E-state index in [1.165, 1.54) is 4.90 Å². The molecule has 25 heavy (non-hydrogen) atoms. The molecule has 6 nitrogen and oxygen atoms in total. The van der Waals surface area contributed by atoms with Gasteiger partial charge in [-0.05, 0) is 26.0 Å². The Labute approximate surface area is 158 Å². The third kappa shape index (κ3) is 5.85. The molecule has 0 aromatic heterocycles. The van der Waals surface area contributed by atoms with Gasteiger partial charge in [0.15, 0.2) is 6.54 Å². The van der Waals surface area contributed by atoms with Crippen molar-refractivity contribution >= 4 is 40.7 Å². The maximum absolute atomic E-state index is 12.4. The molecule has 2 amide bonds. The highest BCUT2D eigenvalue weighted by atomic mass is 35.5. The van der Waals surface area contributed by atoms with Crippen molar-refractivity contribution < 1.29 is 19.2 Å². The van der Waals surface area contributed by atoms with E-state index in [2.05, 4.69) is 5.32 Å². The number of halogens is 2. The number of morpholine rings is 1. The Morgan fingerprint density at radius 3 is 2.36 bits per heavy atom. The van der Waals surface area contributed by atoms with E-state index in [4.69, 9.17) is 27.9 Å². The average Bonchev–Trinajstić information content (AvgIpc) is 2.50. The number of carbonyl (C=O) groups excluding carboxylic acids is 2. The summed E-state index contributed by atoms with van der Waals surface area (Å²) in [5.74, 6) is -0.429. The molecule has 1 fully saturated rings. The minimum Gasteiger partial charge on any atom is -0.364 e. The van der Waals surface area contributed by atoms with E-state index in [-0.39, 0.29) is 30.6 Å². The normalized spacial score (nSPS) is 23.2. The second-order valence-electron chi connectivity index (χ2n) is 6.49. The molecule has 0 spiro atoms. The molecule has 3 atom stereocenters. The fraction of sp³-hybridized carbons (Fsp3) is 0.529. The number of ether oxygens (including phenoxy) is 1. The van der Waals surface area contributed by atoms with Crippen molar-refractivity contribution in [2.24, 2.45) is 0 Å². The summed E-state index contributed by atoms with van der Waals surface area (Å²) in [6, 6.07) is 4.98. The van der Waals surface area contributed by atoms with Crippen molar-refractivity contribution in [3.05, 3.63) is 28.2 Å². The van der Waals surface area contributed by atoms with Crippen molar-refractivity contribution in [3.63, 3.8) is 0 Å². The number of benzene rings is 1. The number of para-hydroxylation sites is 1. The fourth-order valence-electron chi connectivity index (χ4n) is 2.98. The summed E-state index contributed by atoms with van der Waals surface area (Å²) < 4.78 is 5.68. The number of amides is 2. The van der Waals surface area contributed by atoms with Crippen molar-refractivity contribution in [2.45, 2.75) is 26.1 Å². The maximum atomic E-state index is 12.4. The lowest BCUT2D eigenvalue weighted by Crippen LogP contribution is -3.16. The highest BCUT2D eigenvalue weighted by molar-refractivity contribution is 6.39. The zero-order chi connectivity index (χ0) is 18.6. The number of nitrogens with one attached hydrogen (secondary N) is 2. The standard InChI is InChI=1S/C17H23Cl2N3O3/c1-11-7-22(8-12(2)25-11)10-16(24)21(3)9-15(23)20-17-13(18)5-4-6-14(17)19/h4-6,11-12H,7-10H2,1-3H3,(H,20,23)/p+1/t11-,12+. The van der Waals surface area contributed by atoms with Gasteiger partial charge in [0.1, 0.15) is 25.3 Å². The summed E-state index contributed by atoms with van der Waals surface area (Å²) in [5.41, 5.74) is 0.359. The van der Waals surface area contributed by atoms with Gasteiger partial charge in [-0.3, -0.25) is 9.59 Å². The van der Waals surface area contributed by atoms with Gasteiger partial charge in [-0.15, -0.1) is 0 Å². The van der Waals surface area contributed by atoms with Gasteiger partial charge < -0.3 is 19.9 Å². The first-order valence-electron chi connectivity index (χ1n) is 8.23. The Morgan fingerprint density at radius 2 is 1.80 bits per heavy atom. The van der Waals surface area contributed by atoms with Crippen LogP contribution in [0.15, 0.2) is 18.2 Å². The van der Waals surface area contributed by atoms with E-state index in [1.807, 2.05) is 13.8 Å². The van der Waals surface area contributed by atoms with Crippen molar-refractivity contribution in [2.75, 3.05) is 38.5 Å². The maximum Gasteiger partial charge on any atom is 0.277 e. The fourth-order valence-corrected chi connectivity index (χ4v) is 3.47. The van der Waals surface area contributed by atoms with Crippen LogP contribution in [-0.4, -0.2) is 62.1 Å². The number of nitrogens with zero attached hydrogens (tertiary/aromatic N) is 1. The quantitative estimate of drug-likeness (QED) is 0.793. The topological polar surface area (TPSA) is 63.1 Å². The molecule has 0 aliphatic carbocycles. The van der Waals surface area contributed by atoms with Gasteiger partial charge in [0.05, 0.1) is 22.3 Å². The van der Waals surface area contributed by atoms with Gasteiger partial charge in [0.2, 0.25) is 5.91 Å². The lowest BCUT2D eigenvalue weighted by molar-refractivity contribution is -0.907. The molecular weight excluding hydrogens is 365 g/mol. The Kier molecular flexibility index (Phi) is 7.07. The summed E-state index contributed by atoms with van der Waals surface area (Å²) in [7, 11) is 1.61. The van der Waals surface area contributed by atoms with E-state index in [9.17, 15) is 9.59 Å². The molecule has 0 saturated carbocycles. The predicted molar refractivity (Wildman–Crippen MR) is 98.3 cm³/mol. The van der Waals surface area contributed by atoms with Crippen molar-refractivity contribution in [1.82, 2.24) is 4.90 Å². The zero-order valence-corrected chi connectivity index (χ0v) is 16.2. The highest BCUT2D eigenvalue weighted by Gasteiger charge is 2.28. The third-order valence-corrected chi connectivity index (χ3v) is 4.68. The molecule has 8 heteroatoms. The molecule has 1 aromatic rings. The van der Waals surface area contributed by atoms with Crippen LogP contribution in [-0.2, 0) is 14.3 Å². The number of carbonyl (C=O) groups is 2. The first-order valence-corrected chi connectivity index (χ1v) is 8.98.